The van der Waals surface area contributed by atoms with E-state index in [2.05, 4.69) is 15.0 Å². The molecule has 3 aromatic rings. The lowest BCUT2D eigenvalue weighted by molar-refractivity contribution is 0.0716. The summed E-state index contributed by atoms with van der Waals surface area (Å²) >= 11 is 1.43. The lowest BCUT2D eigenvalue weighted by Gasteiger charge is -2.32. The zero-order valence-electron chi connectivity index (χ0n) is 15.9. The van der Waals surface area contributed by atoms with Gasteiger partial charge in [-0.25, -0.2) is 18.4 Å². The average molecular weight is 429 g/mol. The van der Waals surface area contributed by atoms with E-state index in [0.717, 1.165) is 10.4 Å². The van der Waals surface area contributed by atoms with Crippen molar-refractivity contribution in [1.29, 1.82) is 0 Å². The number of hydrogen-bond donors (Lipinski definition) is 0. The van der Waals surface area contributed by atoms with Gasteiger partial charge in [0.2, 0.25) is 0 Å². The van der Waals surface area contributed by atoms with Gasteiger partial charge in [-0.15, -0.1) is 11.3 Å². The quantitative estimate of drug-likeness (QED) is 0.634. The van der Waals surface area contributed by atoms with Crippen molar-refractivity contribution in [2.45, 2.75) is 23.7 Å². The fraction of sp³-hybridized carbons (Fsp3) is 0.300. The van der Waals surface area contributed by atoms with Crippen molar-refractivity contribution in [3.8, 4) is 11.4 Å². The summed E-state index contributed by atoms with van der Waals surface area (Å²) in [5.41, 5.74) is 1.32. The zero-order chi connectivity index (χ0) is 20.4. The maximum absolute atomic E-state index is 12.6. The van der Waals surface area contributed by atoms with Gasteiger partial charge < -0.3 is 4.90 Å². The van der Waals surface area contributed by atoms with Crippen molar-refractivity contribution in [2.75, 3.05) is 19.3 Å². The molecule has 1 amide bonds. The van der Waals surface area contributed by atoms with E-state index in [1.165, 1.54) is 23.8 Å². The lowest BCUT2D eigenvalue weighted by atomic mass is 9.93. The van der Waals surface area contributed by atoms with Gasteiger partial charge in [0.05, 0.1) is 10.6 Å². The molecule has 0 atom stereocenters. The van der Waals surface area contributed by atoms with Crippen molar-refractivity contribution in [1.82, 2.24) is 19.9 Å². The second-order valence-electron chi connectivity index (χ2n) is 6.99. The summed E-state index contributed by atoms with van der Waals surface area (Å²) in [5.74, 6) is 0.463. The molecule has 4 rings (SSSR count). The minimum Gasteiger partial charge on any atom is -0.338 e. The van der Waals surface area contributed by atoms with Crippen molar-refractivity contribution in [3.05, 3.63) is 58.8 Å². The third-order valence-electron chi connectivity index (χ3n) is 5.02. The van der Waals surface area contributed by atoms with Crippen LogP contribution < -0.4 is 0 Å². The minimum atomic E-state index is -3.46. The first-order valence-electron chi connectivity index (χ1n) is 9.23. The number of aromatic nitrogens is 3. The first kappa shape index (κ1) is 19.7. The number of nitrogens with zero attached hydrogens (tertiary/aromatic N) is 4. The summed E-state index contributed by atoms with van der Waals surface area (Å²) in [4.78, 5) is 28.2. The van der Waals surface area contributed by atoms with Crippen LogP contribution in [0.25, 0.3) is 11.4 Å². The molecular formula is C20H20N4O3S2. The molecule has 9 heteroatoms. The highest BCUT2D eigenvalue weighted by Gasteiger charge is 2.30. The molecule has 1 aliphatic rings. The van der Waals surface area contributed by atoms with E-state index in [1.54, 1.807) is 24.5 Å². The topological polar surface area (TPSA) is 93.1 Å². The molecular weight excluding hydrogens is 408 g/mol. The predicted octanol–water partition coefficient (Wildman–Crippen LogP) is 3.02. The molecule has 29 heavy (non-hydrogen) atoms. The Labute approximate surface area is 173 Å². The molecule has 0 N–H and O–H groups in total. The standard InChI is InChI=1S/C20H20N4O3S2/c1-29(26,27)17-13-22-19(15-4-8-21-9-5-15)23-18(17)14-6-10-24(11-7-14)20(25)16-3-2-12-28-16/h2-5,8-9,12-14H,6-7,10-11H2,1H3. The SMILES string of the molecule is CS(=O)(=O)c1cnc(-c2ccncc2)nc1C1CCN(C(=O)c2cccs2)CC1. The minimum absolute atomic E-state index is 0.0296. The Morgan fingerprint density at radius 3 is 2.52 bits per heavy atom. The molecule has 0 saturated carbocycles. The fourth-order valence-electron chi connectivity index (χ4n) is 3.51. The largest absolute Gasteiger partial charge is 0.338 e. The number of amides is 1. The van der Waals surface area contributed by atoms with E-state index in [-0.39, 0.29) is 16.7 Å². The number of piperidine rings is 1. The molecule has 0 aromatic carbocycles. The van der Waals surface area contributed by atoms with Crippen molar-refractivity contribution < 1.29 is 13.2 Å². The van der Waals surface area contributed by atoms with Crippen molar-refractivity contribution >= 4 is 27.1 Å². The average Bonchev–Trinajstić information content (AvgIpc) is 3.28. The van der Waals surface area contributed by atoms with Gasteiger partial charge in [-0.1, -0.05) is 6.07 Å². The molecule has 0 spiro atoms. The number of pyridine rings is 1. The molecule has 0 unspecified atom stereocenters. The Balaban J connectivity index is 1.61. The van der Waals surface area contributed by atoms with Crippen LogP contribution in [0.1, 0.15) is 34.1 Å². The third-order valence-corrected chi connectivity index (χ3v) is 6.99. The maximum Gasteiger partial charge on any atom is 0.263 e. The van der Waals surface area contributed by atoms with Gasteiger partial charge in [0.15, 0.2) is 15.7 Å². The van der Waals surface area contributed by atoms with Crippen LogP contribution in [0.3, 0.4) is 0 Å². The highest BCUT2D eigenvalue weighted by molar-refractivity contribution is 7.90. The number of carbonyl (C=O) groups excluding carboxylic acids is 1. The fourth-order valence-corrected chi connectivity index (χ4v) is 5.04. The number of sulfone groups is 1. The Morgan fingerprint density at radius 1 is 1.17 bits per heavy atom. The number of hydrogen-bond acceptors (Lipinski definition) is 7. The summed E-state index contributed by atoms with van der Waals surface area (Å²) < 4.78 is 24.6. The van der Waals surface area contributed by atoms with E-state index in [0.29, 0.717) is 37.4 Å². The Kier molecular flexibility index (Phi) is 5.42. The zero-order valence-corrected chi connectivity index (χ0v) is 17.5. The van der Waals surface area contributed by atoms with Crippen LogP contribution in [-0.2, 0) is 9.84 Å². The van der Waals surface area contributed by atoms with Crippen LogP contribution in [0.4, 0.5) is 0 Å². The van der Waals surface area contributed by atoms with Gasteiger partial charge in [-0.05, 0) is 36.4 Å². The van der Waals surface area contributed by atoms with Crippen LogP contribution in [0, 0.1) is 0 Å². The summed E-state index contributed by atoms with van der Waals surface area (Å²) in [6.07, 6.45) is 7.20. The van der Waals surface area contributed by atoms with Gasteiger partial charge in [-0.2, -0.15) is 0 Å². The van der Waals surface area contributed by atoms with E-state index in [9.17, 15) is 13.2 Å². The molecule has 0 aliphatic carbocycles. The number of rotatable bonds is 4. The second-order valence-corrected chi connectivity index (χ2v) is 9.93. The monoisotopic (exact) mass is 428 g/mol. The first-order chi connectivity index (χ1) is 13.9. The van der Waals surface area contributed by atoms with Gasteiger partial charge >= 0.3 is 0 Å². The lowest BCUT2D eigenvalue weighted by Crippen LogP contribution is -2.38. The molecule has 0 bridgehead atoms. The highest BCUT2D eigenvalue weighted by Crippen LogP contribution is 2.32. The van der Waals surface area contributed by atoms with Crippen LogP contribution in [0.5, 0.6) is 0 Å². The summed E-state index contributed by atoms with van der Waals surface area (Å²) in [6, 6.07) is 7.28. The molecule has 1 aliphatic heterocycles. The summed E-state index contributed by atoms with van der Waals surface area (Å²) in [6.45, 7) is 1.14. The molecule has 0 radical (unpaired) electrons. The third kappa shape index (κ3) is 4.20. The summed E-state index contributed by atoms with van der Waals surface area (Å²) in [7, 11) is -3.46. The first-order valence-corrected chi connectivity index (χ1v) is 12.0. The molecule has 3 aromatic heterocycles. The van der Waals surface area contributed by atoms with Crippen LogP contribution >= 0.6 is 11.3 Å². The van der Waals surface area contributed by atoms with Crippen molar-refractivity contribution in [3.63, 3.8) is 0 Å². The maximum atomic E-state index is 12.6. The van der Waals surface area contributed by atoms with Crippen LogP contribution in [-0.4, -0.2) is 53.5 Å². The Bertz CT molecular complexity index is 1110. The second kappa shape index (κ2) is 8.00. The van der Waals surface area contributed by atoms with E-state index >= 15 is 0 Å². The van der Waals surface area contributed by atoms with Gasteiger partial charge in [0, 0.05) is 49.4 Å². The Hall–Kier alpha value is -2.65. The van der Waals surface area contributed by atoms with Gasteiger partial charge in [0.1, 0.15) is 4.90 Å². The smallest absolute Gasteiger partial charge is 0.263 e. The molecule has 150 valence electrons. The molecule has 7 nitrogen and oxygen atoms in total. The number of thiophene rings is 1. The van der Waals surface area contributed by atoms with Crippen LogP contribution in [0.2, 0.25) is 0 Å². The van der Waals surface area contributed by atoms with Gasteiger partial charge in [-0.3, -0.25) is 9.78 Å². The highest BCUT2D eigenvalue weighted by atomic mass is 32.2. The van der Waals surface area contributed by atoms with E-state index < -0.39 is 9.84 Å². The normalized spacial score (nSPS) is 15.4. The molecule has 1 saturated heterocycles. The predicted molar refractivity (Wildman–Crippen MR) is 111 cm³/mol. The summed E-state index contributed by atoms with van der Waals surface area (Å²) in [5, 5.41) is 1.89. The number of carbonyl (C=O) groups is 1. The molecule has 1 fully saturated rings. The van der Waals surface area contributed by atoms with E-state index in [4.69, 9.17) is 0 Å². The van der Waals surface area contributed by atoms with E-state index in [1.807, 2.05) is 22.4 Å². The molecule has 4 heterocycles. The van der Waals surface area contributed by atoms with Gasteiger partial charge in [0.25, 0.3) is 5.91 Å². The Morgan fingerprint density at radius 2 is 1.90 bits per heavy atom. The van der Waals surface area contributed by atoms with Crippen molar-refractivity contribution in [2.24, 2.45) is 0 Å². The van der Waals surface area contributed by atoms with Crippen LogP contribution in [0.15, 0.2) is 53.1 Å². The number of likely N-dealkylation sites (tertiary alicyclic amines) is 1.